The molecule has 1 aromatic heterocycles. The van der Waals surface area contributed by atoms with E-state index in [0.717, 1.165) is 0 Å². The summed E-state index contributed by atoms with van der Waals surface area (Å²) in [5.74, 6) is 0.0362. The van der Waals surface area contributed by atoms with E-state index < -0.39 is 0 Å². The number of hydrogen-bond donors (Lipinski definition) is 0. The van der Waals surface area contributed by atoms with E-state index in [1.807, 2.05) is 20.8 Å². The molecule has 0 bridgehead atoms. The Hall–Kier alpha value is -1.57. The Kier molecular flexibility index (Phi) is 5.89. The highest BCUT2D eigenvalue weighted by molar-refractivity contribution is 8.00. The topological polar surface area (TPSA) is 64.4 Å². The Morgan fingerprint density at radius 2 is 1.96 bits per heavy atom. The molecule has 0 N–H and O–H groups in total. The van der Waals surface area contributed by atoms with Crippen LogP contribution in [0.1, 0.15) is 26.8 Å². The number of thioether (sulfide) groups is 1. The van der Waals surface area contributed by atoms with Crippen LogP contribution in [0, 0.1) is 0 Å². The van der Waals surface area contributed by atoms with E-state index in [0.29, 0.717) is 47.4 Å². The first-order chi connectivity index (χ1) is 12.4. The molecule has 0 spiro atoms. The summed E-state index contributed by atoms with van der Waals surface area (Å²) in [6.07, 6.45) is 0. The van der Waals surface area contributed by atoms with Crippen molar-refractivity contribution in [3.8, 4) is 0 Å². The highest BCUT2D eigenvalue weighted by Crippen LogP contribution is 2.27. The van der Waals surface area contributed by atoms with E-state index in [1.165, 1.54) is 11.8 Å². The minimum Gasteiger partial charge on any atom is -0.378 e. The number of hydrogen-bond acceptors (Lipinski definition) is 5. The van der Waals surface area contributed by atoms with Crippen LogP contribution in [0.25, 0.3) is 10.9 Å². The van der Waals surface area contributed by atoms with Gasteiger partial charge in [-0.1, -0.05) is 23.4 Å². The fraction of sp³-hybridized carbons (Fsp3) is 0.500. The van der Waals surface area contributed by atoms with E-state index in [-0.39, 0.29) is 22.8 Å². The van der Waals surface area contributed by atoms with Crippen LogP contribution in [0.2, 0.25) is 5.02 Å². The predicted molar refractivity (Wildman–Crippen MR) is 104 cm³/mol. The summed E-state index contributed by atoms with van der Waals surface area (Å²) in [5.41, 5.74) is 0.433. The number of rotatable bonds is 4. The number of carbonyl (C=O) groups excluding carboxylic acids is 1. The minimum atomic E-state index is -0.346. The van der Waals surface area contributed by atoms with Gasteiger partial charge in [0.25, 0.3) is 5.56 Å². The van der Waals surface area contributed by atoms with Gasteiger partial charge in [-0.15, -0.1) is 0 Å². The Bertz CT molecular complexity index is 878. The second-order valence-electron chi connectivity index (χ2n) is 6.52. The minimum absolute atomic E-state index is 0.0362. The number of nitrogens with zero attached hydrogens (tertiary/aromatic N) is 3. The number of halogens is 1. The van der Waals surface area contributed by atoms with Gasteiger partial charge in [-0.3, -0.25) is 14.2 Å². The highest BCUT2D eigenvalue weighted by atomic mass is 35.5. The fourth-order valence-electron chi connectivity index (χ4n) is 2.94. The van der Waals surface area contributed by atoms with Gasteiger partial charge < -0.3 is 9.64 Å². The first-order valence-electron chi connectivity index (χ1n) is 8.63. The highest BCUT2D eigenvalue weighted by Gasteiger charge is 2.25. The molecule has 26 heavy (non-hydrogen) atoms. The lowest BCUT2D eigenvalue weighted by molar-refractivity contribution is -0.134. The van der Waals surface area contributed by atoms with Crippen LogP contribution in [-0.2, 0) is 9.53 Å². The van der Waals surface area contributed by atoms with Gasteiger partial charge in [0.05, 0.1) is 29.4 Å². The molecule has 6 nitrogen and oxygen atoms in total. The van der Waals surface area contributed by atoms with Crippen molar-refractivity contribution in [1.29, 1.82) is 0 Å². The van der Waals surface area contributed by atoms with Crippen molar-refractivity contribution in [3.05, 3.63) is 33.6 Å². The standard InChI is InChI=1S/C18H22ClN3O3S/c1-11(2)22-17(24)14-5-4-13(19)10-15(14)20-18(22)26-12(3)16(23)21-6-8-25-9-7-21/h4-5,10-12H,6-9H2,1-3H3. The summed E-state index contributed by atoms with van der Waals surface area (Å²) in [5, 5.41) is 1.25. The maximum Gasteiger partial charge on any atom is 0.262 e. The summed E-state index contributed by atoms with van der Waals surface area (Å²) in [4.78, 5) is 32.0. The lowest BCUT2D eigenvalue weighted by Crippen LogP contribution is -2.44. The molecule has 3 rings (SSSR count). The lowest BCUT2D eigenvalue weighted by Gasteiger charge is -2.29. The number of carbonyl (C=O) groups is 1. The molecule has 1 saturated heterocycles. The average Bonchev–Trinajstić information content (AvgIpc) is 2.61. The largest absolute Gasteiger partial charge is 0.378 e. The third kappa shape index (κ3) is 3.89. The second-order valence-corrected chi connectivity index (χ2v) is 8.27. The Morgan fingerprint density at radius 1 is 1.27 bits per heavy atom. The van der Waals surface area contributed by atoms with Crippen LogP contribution in [-0.4, -0.2) is 51.9 Å². The van der Waals surface area contributed by atoms with Crippen molar-refractivity contribution in [2.75, 3.05) is 26.3 Å². The summed E-state index contributed by atoms with van der Waals surface area (Å²) in [6, 6.07) is 5.00. The van der Waals surface area contributed by atoms with Gasteiger partial charge >= 0.3 is 0 Å². The molecule has 1 aliphatic heterocycles. The van der Waals surface area contributed by atoms with Crippen LogP contribution in [0.15, 0.2) is 28.2 Å². The van der Waals surface area contributed by atoms with Crippen molar-refractivity contribution in [1.82, 2.24) is 14.5 Å². The molecular weight excluding hydrogens is 374 g/mol. The van der Waals surface area contributed by atoms with Gasteiger partial charge in [-0.25, -0.2) is 4.98 Å². The Morgan fingerprint density at radius 3 is 2.62 bits per heavy atom. The number of amides is 1. The van der Waals surface area contributed by atoms with E-state index >= 15 is 0 Å². The molecule has 1 aromatic carbocycles. The van der Waals surface area contributed by atoms with E-state index in [1.54, 1.807) is 27.7 Å². The summed E-state index contributed by atoms with van der Waals surface area (Å²) in [7, 11) is 0. The third-order valence-corrected chi connectivity index (χ3v) is 5.59. The number of benzene rings is 1. The maximum atomic E-state index is 12.9. The van der Waals surface area contributed by atoms with Crippen LogP contribution in [0.3, 0.4) is 0 Å². The molecule has 8 heteroatoms. The molecule has 0 radical (unpaired) electrons. The van der Waals surface area contributed by atoms with Crippen molar-refractivity contribution in [2.45, 2.75) is 37.2 Å². The zero-order chi connectivity index (χ0) is 18.8. The third-order valence-electron chi connectivity index (χ3n) is 4.30. The van der Waals surface area contributed by atoms with Crippen molar-refractivity contribution in [3.63, 3.8) is 0 Å². The first kappa shape index (κ1) is 19.2. The maximum absolute atomic E-state index is 12.9. The zero-order valence-corrected chi connectivity index (χ0v) is 16.6. The molecule has 1 amide bonds. The summed E-state index contributed by atoms with van der Waals surface area (Å²) in [6.45, 7) is 8.04. The quantitative estimate of drug-likeness (QED) is 0.588. The number of ether oxygens (including phenoxy) is 1. The molecule has 2 aromatic rings. The van der Waals surface area contributed by atoms with Gasteiger partial charge in [-0.2, -0.15) is 0 Å². The zero-order valence-electron chi connectivity index (χ0n) is 15.1. The summed E-state index contributed by atoms with van der Waals surface area (Å²) < 4.78 is 6.95. The SMILES string of the molecule is CC(Sc1nc2cc(Cl)ccc2c(=O)n1C(C)C)C(=O)N1CCOCC1. The molecular formula is C18H22ClN3O3S. The monoisotopic (exact) mass is 395 g/mol. The molecule has 1 fully saturated rings. The smallest absolute Gasteiger partial charge is 0.262 e. The Labute approximate surface area is 161 Å². The summed E-state index contributed by atoms with van der Waals surface area (Å²) >= 11 is 7.37. The van der Waals surface area contributed by atoms with Crippen molar-refractivity contribution < 1.29 is 9.53 Å². The van der Waals surface area contributed by atoms with Gasteiger partial charge in [0.2, 0.25) is 5.91 Å². The first-order valence-corrected chi connectivity index (χ1v) is 9.89. The molecule has 0 saturated carbocycles. The van der Waals surface area contributed by atoms with Gasteiger partial charge in [-0.05, 0) is 39.0 Å². The van der Waals surface area contributed by atoms with Crippen LogP contribution in [0.5, 0.6) is 0 Å². The average molecular weight is 396 g/mol. The lowest BCUT2D eigenvalue weighted by atomic mass is 10.2. The predicted octanol–water partition coefficient (Wildman–Crippen LogP) is 2.97. The van der Waals surface area contributed by atoms with Gasteiger partial charge in [0.1, 0.15) is 0 Å². The normalized spacial score (nSPS) is 16.3. The van der Waals surface area contributed by atoms with E-state index in [4.69, 9.17) is 16.3 Å². The number of fused-ring (bicyclic) bond motifs is 1. The van der Waals surface area contributed by atoms with Crippen LogP contribution >= 0.6 is 23.4 Å². The van der Waals surface area contributed by atoms with Crippen molar-refractivity contribution >= 4 is 40.2 Å². The second kappa shape index (κ2) is 7.98. The molecule has 1 atom stereocenters. The number of aromatic nitrogens is 2. The molecule has 2 heterocycles. The molecule has 1 unspecified atom stereocenters. The van der Waals surface area contributed by atoms with Gasteiger partial charge in [0, 0.05) is 24.2 Å². The molecule has 140 valence electrons. The molecule has 1 aliphatic rings. The van der Waals surface area contributed by atoms with Crippen molar-refractivity contribution in [2.24, 2.45) is 0 Å². The Balaban J connectivity index is 1.96. The fourth-order valence-corrected chi connectivity index (χ4v) is 4.23. The number of morpholine rings is 1. The van der Waals surface area contributed by atoms with E-state index in [9.17, 15) is 9.59 Å². The molecule has 0 aliphatic carbocycles. The van der Waals surface area contributed by atoms with Crippen LogP contribution < -0.4 is 5.56 Å². The van der Waals surface area contributed by atoms with E-state index in [2.05, 4.69) is 4.98 Å². The van der Waals surface area contributed by atoms with Gasteiger partial charge in [0.15, 0.2) is 5.16 Å². The van der Waals surface area contributed by atoms with Crippen LogP contribution in [0.4, 0.5) is 0 Å².